The van der Waals surface area contributed by atoms with Gasteiger partial charge in [-0.25, -0.2) is 4.98 Å². The summed E-state index contributed by atoms with van der Waals surface area (Å²) in [4.78, 5) is 32.3. The van der Waals surface area contributed by atoms with E-state index in [2.05, 4.69) is 15.3 Å². The fourth-order valence-electron chi connectivity index (χ4n) is 3.38. The maximum Gasteiger partial charge on any atom is 0.257 e. The molecule has 2 N–H and O–H groups in total. The highest BCUT2D eigenvalue weighted by atomic mass is 32.2. The first-order valence-corrected chi connectivity index (χ1v) is 9.20. The maximum absolute atomic E-state index is 12.7. The number of nitrogens with zero attached hydrogens (tertiary/aromatic N) is 1. The first-order valence-electron chi connectivity index (χ1n) is 8.22. The number of rotatable bonds is 3. The van der Waals surface area contributed by atoms with Crippen molar-refractivity contribution in [3.8, 4) is 0 Å². The normalized spacial score (nSPS) is 16.5. The summed E-state index contributed by atoms with van der Waals surface area (Å²) < 4.78 is 0. The molecule has 1 aliphatic rings. The van der Waals surface area contributed by atoms with Crippen molar-refractivity contribution in [1.82, 2.24) is 9.97 Å². The van der Waals surface area contributed by atoms with Gasteiger partial charge >= 0.3 is 0 Å². The summed E-state index contributed by atoms with van der Waals surface area (Å²) in [6.07, 6.45) is 0.242. The molecule has 2 aromatic carbocycles. The summed E-state index contributed by atoms with van der Waals surface area (Å²) in [5.74, 6) is 0.763. The Hall–Kier alpha value is -2.60. The van der Waals surface area contributed by atoms with E-state index >= 15 is 0 Å². The Bertz CT molecular complexity index is 1020. The monoisotopic (exact) mass is 351 g/mol. The Balaban J connectivity index is 1.93. The number of carbonyl (C=O) groups excluding carboxylic acids is 1. The number of carbonyl (C=O) groups is 1. The van der Waals surface area contributed by atoms with Crippen LogP contribution in [0.15, 0.2) is 52.4 Å². The lowest BCUT2D eigenvalue weighted by Crippen LogP contribution is -2.31. The first-order chi connectivity index (χ1) is 12.2. The number of fused-ring (bicyclic) bond motifs is 2. The van der Waals surface area contributed by atoms with E-state index in [1.54, 1.807) is 0 Å². The maximum atomic E-state index is 12.7. The van der Waals surface area contributed by atoms with Gasteiger partial charge in [0.25, 0.3) is 5.56 Å². The van der Waals surface area contributed by atoms with Gasteiger partial charge in [0.1, 0.15) is 5.82 Å². The van der Waals surface area contributed by atoms with E-state index in [0.717, 1.165) is 22.1 Å². The fraction of sp³-hybridized carbons (Fsp3) is 0.211. The molecule has 0 spiro atoms. The number of amides is 1. The number of anilines is 1. The highest BCUT2D eigenvalue weighted by Gasteiger charge is 2.31. The summed E-state index contributed by atoms with van der Waals surface area (Å²) in [7, 11) is 0. The van der Waals surface area contributed by atoms with Gasteiger partial charge in [-0.05, 0) is 22.1 Å². The standard InChI is InChI=1S/C19H17N3O2S/c1-2-25-19-21-17-16(18(24)22-19)14(10-15(23)20-17)13-9-5-7-11-6-3-4-8-12(11)13/h3-9,14H,2,10H2,1H3,(H2,20,21,22,23,24)/t14-/m0/s1. The van der Waals surface area contributed by atoms with Gasteiger partial charge in [-0.1, -0.05) is 61.2 Å². The molecular weight excluding hydrogens is 334 g/mol. The van der Waals surface area contributed by atoms with Gasteiger partial charge in [0, 0.05) is 12.3 Å². The highest BCUT2D eigenvalue weighted by Crippen LogP contribution is 2.37. The van der Waals surface area contributed by atoms with Gasteiger partial charge in [0.05, 0.1) is 5.56 Å². The number of benzene rings is 2. The summed E-state index contributed by atoms with van der Waals surface area (Å²) in [6, 6.07) is 14.0. The quantitative estimate of drug-likeness (QED) is 0.559. The van der Waals surface area contributed by atoms with E-state index in [1.807, 2.05) is 49.4 Å². The Kier molecular flexibility index (Phi) is 4.05. The summed E-state index contributed by atoms with van der Waals surface area (Å²) >= 11 is 1.45. The predicted octanol–water partition coefficient (Wildman–Crippen LogP) is 3.51. The van der Waals surface area contributed by atoms with Gasteiger partial charge in [0.15, 0.2) is 5.16 Å². The van der Waals surface area contributed by atoms with Crippen molar-refractivity contribution in [3.05, 3.63) is 63.9 Å². The third kappa shape index (κ3) is 2.82. The molecule has 0 unspecified atom stereocenters. The molecule has 0 saturated carbocycles. The number of H-pyrrole nitrogens is 1. The average Bonchev–Trinajstić information content (AvgIpc) is 2.60. The van der Waals surface area contributed by atoms with E-state index in [-0.39, 0.29) is 23.8 Å². The Labute approximate surface area is 148 Å². The molecular formula is C19H17N3O2S. The van der Waals surface area contributed by atoms with Gasteiger partial charge in [-0.3, -0.25) is 9.59 Å². The first kappa shape index (κ1) is 15.9. The molecule has 0 aliphatic carbocycles. The summed E-state index contributed by atoms with van der Waals surface area (Å²) in [6.45, 7) is 1.99. The third-order valence-corrected chi connectivity index (χ3v) is 5.16. The van der Waals surface area contributed by atoms with Crippen LogP contribution in [0.25, 0.3) is 10.8 Å². The molecule has 1 atom stereocenters. The van der Waals surface area contributed by atoms with Crippen molar-refractivity contribution in [1.29, 1.82) is 0 Å². The zero-order valence-electron chi connectivity index (χ0n) is 13.7. The molecule has 1 aliphatic heterocycles. The van der Waals surface area contributed by atoms with Crippen molar-refractivity contribution in [2.24, 2.45) is 0 Å². The molecule has 25 heavy (non-hydrogen) atoms. The Morgan fingerprint density at radius 1 is 1.16 bits per heavy atom. The second kappa shape index (κ2) is 6.37. The van der Waals surface area contributed by atoms with Crippen LogP contribution in [0, 0.1) is 0 Å². The van der Waals surface area contributed by atoms with Crippen LogP contribution in [0.5, 0.6) is 0 Å². The molecule has 126 valence electrons. The topological polar surface area (TPSA) is 74.8 Å². The van der Waals surface area contributed by atoms with E-state index in [9.17, 15) is 9.59 Å². The van der Waals surface area contributed by atoms with E-state index < -0.39 is 0 Å². The summed E-state index contributed by atoms with van der Waals surface area (Å²) in [5, 5.41) is 5.45. The van der Waals surface area contributed by atoms with E-state index in [1.165, 1.54) is 11.8 Å². The molecule has 6 heteroatoms. The number of aromatic amines is 1. The smallest absolute Gasteiger partial charge is 0.257 e. The molecule has 4 rings (SSSR count). The van der Waals surface area contributed by atoms with Gasteiger partial charge in [-0.2, -0.15) is 0 Å². The van der Waals surface area contributed by atoms with Crippen LogP contribution in [0.4, 0.5) is 5.82 Å². The van der Waals surface area contributed by atoms with Crippen molar-refractivity contribution < 1.29 is 4.79 Å². The lowest BCUT2D eigenvalue weighted by Gasteiger charge is -2.25. The van der Waals surface area contributed by atoms with Crippen molar-refractivity contribution in [3.63, 3.8) is 0 Å². The second-order valence-electron chi connectivity index (χ2n) is 5.94. The molecule has 0 radical (unpaired) electrons. The third-order valence-electron chi connectivity index (χ3n) is 4.41. The van der Waals surface area contributed by atoms with Gasteiger partial charge < -0.3 is 10.3 Å². The highest BCUT2D eigenvalue weighted by molar-refractivity contribution is 7.99. The fourth-order valence-corrected chi connectivity index (χ4v) is 3.97. The van der Waals surface area contributed by atoms with Crippen LogP contribution in [0.2, 0.25) is 0 Å². The number of thioether (sulfide) groups is 1. The van der Waals surface area contributed by atoms with Crippen LogP contribution in [-0.4, -0.2) is 21.6 Å². The molecule has 5 nitrogen and oxygen atoms in total. The lowest BCUT2D eigenvalue weighted by molar-refractivity contribution is -0.116. The lowest BCUT2D eigenvalue weighted by atomic mass is 9.84. The average molecular weight is 351 g/mol. The largest absolute Gasteiger partial charge is 0.310 e. The molecule has 1 amide bonds. The van der Waals surface area contributed by atoms with Crippen molar-refractivity contribution in [2.75, 3.05) is 11.1 Å². The minimum absolute atomic E-state index is 0.115. The van der Waals surface area contributed by atoms with Crippen molar-refractivity contribution >= 4 is 34.3 Å². The second-order valence-corrected chi connectivity index (χ2v) is 7.19. The number of hydrogen-bond donors (Lipinski definition) is 2. The molecule has 3 aromatic rings. The van der Waals surface area contributed by atoms with Crippen LogP contribution < -0.4 is 10.9 Å². The molecule has 0 saturated heterocycles. The number of aromatic nitrogens is 2. The Morgan fingerprint density at radius 3 is 2.80 bits per heavy atom. The van der Waals surface area contributed by atoms with Crippen LogP contribution in [0.1, 0.15) is 30.4 Å². The molecule has 0 bridgehead atoms. The molecule has 2 heterocycles. The summed E-state index contributed by atoms with van der Waals surface area (Å²) in [5.41, 5.74) is 1.34. The van der Waals surface area contributed by atoms with Crippen LogP contribution in [-0.2, 0) is 4.79 Å². The SMILES string of the molecule is CCSc1nc2c(c(=O)[nH]1)[C@H](c1cccc3ccccc13)CC(=O)N2. The molecule has 1 aromatic heterocycles. The zero-order chi connectivity index (χ0) is 17.4. The predicted molar refractivity (Wildman–Crippen MR) is 100 cm³/mol. The Morgan fingerprint density at radius 2 is 1.96 bits per heavy atom. The van der Waals surface area contributed by atoms with Crippen LogP contribution >= 0.6 is 11.8 Å². The number of hydrogen-bond acceptors (Lipinski definition) is 4. The van der Waals surface area contributed by atoms with Crippen molar-refractivity contribution in [2.45, 2.75) is 24.4 Å². The van der Waals surface area contributed by atoms with Gasteiger partial charge in [0.2, 0.25) is 5.91 Å². The van der Waals surface area contributed by atoms with E-state index in [4.69, 9.17) is 0 Å². The minimum Gasteiger partial charge on any atom is -0.310 e. The molecule has 0 fully saturated rings. The van der Waals surface area contributed by atoms with E-state index in [0.29, 0.717) is 16.5 Å². The van der Waals surface area contributed by atoms with Crippen LogP contribution in [0.3, 0.4) is 0 Å². The van der Waals surface area contributed by atoms with Gasteiger partial charge in [-0.15, -0.1) is 0 Å². The number of nitrogens with one attached hydrogen (secondary N) is 2. The minimum atomic E-state index is -0.299. The zero-order valence-corrected chi connectivity index (χ0v) is 14.5.